The van der Waals surface area contributed by atoms with Gasteiger partial charge in [-0.15, -0.1) is 11.3 Å². The van der Waals surface area contributed by atoms with E-state index in [1.54, 1.807) is 18.9 Å². The fourth-order valence-corrected chi connectivity index (χ4v) is 5.24. The van der Waals surface area contributed by atoms with Gasteiger partial charge in [0.15, 0.2) is 0 Å². The Kier molecular flexibility index (Phi) is 5.20. The van der Waals surface area contributed by atoms with Crippen LogP contribution in [-0.4, -0.2) is 37.2 Å². The molecule has 2 N–H and O–H groups in total. The minimum Gasteiger partial charge on any atom is -0.496 e. The molecule has 1 aromatic heterocycles. The lowest BCUT2D eigenvalue weighted by Gasteiger charge is -2.29. The maximum atomic E-state index is 12.9. The van der Waals surface area contributed by atoms with Crippen molar-refractivity contribution >= 4 is 44.3 Å². The minimum absolute atomic E-state index is 0.108. The number of carbonyl (C=O) groups excluding carboxylic acids is 2. The molecule has 7 nitrogen and oxygen atoms in total. The van der Waals surface area contributed by atoms with Crippen molar-refractivity contribution in [3.8, 4) is 5.75 Å². The molecular formula is C19H20BrN3O4S. The second-order valence-corrected chi connectivity index (χ2v) is 8.54. The Balaban J connectivity index is 1.63. The third-order valence-corrected chi connectivity index (χ3v) is 6.50. The Bertz CT molecular complexity index is 946. The molecular weight excluding hydrogens is 446 g/mol. The molecule has 0 bridgehead atoms. The van der Waals surface area contributed by atoms with Gasteiger partial charge in [-0.1, -0.05) is 15.9 Å². The van der Waals surface area contributed by atoms with E-state index in [-0.39, 0.29) is 12.0 Å². The van der Waals surface area contributed by atoms with Crippen LogP contribution in [0.25, 0.3) is 0 Å². The topological polar surface area (TPSA) is 79.9 Å². The van der Waals surface area contributed by atoms with Crippen molar-refractivity contribution in [2.24, 2.45) is 0 Å². The fourth-order valence-electron chi connectivity index (χ4n) is 3.57. The van der Waals surface area contributed by atoms with Crippen LogP contribution in [0.2, 0.25) is 0 Å². The lowest BCUT2D eigenvalue weighted by molar-refractivity contribution is 0.0933. The van der Waals surface area contributed by atoms with E-state index in [4.69, 9.17) is 9.47 Å². The second-order valence-electron chi connectivity index (χ2n) is 6.52. The summed E-state index contributed by atoms with van der Waals surface area (Å²) in [5.74, 6) is 0.585. The largest absolute Gasteiger partial charge is 0.496 e. The number of nitrogens with one attached hydrogen (secondary N) is 2. The molecule has 0 fully saturated rings. The highest BCUT2D eigenvalue weighted by Gasteiger charge is 2.35. The normalized spacial score (nSPS) is 17.9. The van der Waals surface area contributed by atoms with Crippen molar-refractivity contribution in [3.05, 3.63) is 44.2 Å². The summed E-state index contributed by atoms with van der Waals surface area (Å²) >= 11 is 5.00. The van der Waals surface area contributed by atoms with E-state index >= 15 is 0 Å². The first-order valence-electron chi connectivity index (χ1n) is 8.98. The molecule has 2 aliphatic rings. The number of ether oxygens (including phenoxy) is 2. The van der Waals surface area contributed by atoms with E-state index in [9.17, 15) is 9.59 Å². The summed E-state index contributed by atoms with van der Waals surface area (Å²) in [6.45, 7) is 3.15. The third kappa shape index (κ3) is 3.33. The van der Waals surface area contributed by atoms with E-state index in [1.165, 1.54) is 11.3 Å². The zero-order chi connectivity index (χ0) is 19.8. The Morgan fingerprint density at radius 3 is 2.96 bits per heavy atom. The molecule has 2 aromatic rings. The number of amides is 2. The average molecular weight is 466 g/mol. The van der Waals surface area contributed by atoms with Crippen LogP contribution < -0.4 is 15.4 Å². The van der Waals surface area contributed by atoms with Gasteiger partial charge < -0.3 is 25.0 Å². The van der Waals surface area contributed by atoms with Gasteiger partial charge in [0, 0.05) is 21.5 Å². The van der Waals surface area contributed by atoms with Crippen LogP contribution >= 0.6 is 27.3 Å². The zero-order valence-corrected chi connectivity index (χ0v) is 17.9. The van der Waals surface area contributed by atoms with E-state index in [1.807, 2.05) is 18.2 Å². The van der Waals surface area contributed by atoms with Gasteiger partial charge in [0.2, 0.25) is 0 Å². The molecule has 1 aromatic carbocycles. The molecule has 0 aliphatic carbocycles. The number of hydrogen-bond donors (Lipinski definition) is 2. The summed E-state index contributed by atoms with van der Waals surface area (Å²) in [4.78, 5) is 27.7. The van der Waals surface area contributed by atoms with Gasteiger partial charge in [-0.2, -0.15) is 0 Å². The Morgan fingerprint density at radius 1 is 1.39 bits per heavy atom. The number of fused-ring (bicyclic) bond motifs is 3. The number of thiophene rings is 1. The molecule has 1 atom stereocenters. The molecule has 3 heterocycles. The average Bonchev–Trinajstić information content (AvgIpc) is 3.06. The van der Waals surface area contributed by atoms with Gasteiger partial charge in [0.25, 0.3) is 5.91 Å². The summed E-state index contributed by atoms with van der Waals surface area (Å²) in [6.07, 6.45) is -0.0673. The SMILES string of the molecule is CCOC(=O)N1CCc2c(sc3c2C(=O)NC(c2cc(Br)ccc2OC)N3)C1. The molecule has 0 radical (unpaired) electrons. The van der Waals surface area contributed by atoms with E-state index in [0.717, 1.165) is 25.5 Å². The van der Waals surface area contributed by atoms with Gasteiger partial charge in [0.1, 0.15) is 16.9 Å². The molecule has 2 amide bonds. The monoisotopic (exact) mass is 465 g/mol. The predicted octanol–water partition coefficient (Wildman–Crippen LogP) is 3.89. The van der Waals surface area contributed by atoms with Crippen LogP contribution in [-0.2, 0) is 17.7 Å². The van der Waals surface area contributed by atoms with Crippen LogP contribution in [0, 0.1) is 0 Å². The molecule has 1 unspecified atom stereocenters. The molecule has 0 saturated carbocycles. The van der Waals surface area contributed by atoms with Crippen LogP contribution in [0.15, 0.2) is 22.7 Å². The summed E-state index contributed by atoms with van der Waals surface area (Å²) in [5.41, 5.74) is 2.55. The Hall–Kier alpha value is -2.26. The Labute approximate surface area is 175 Å². The van der Waals surface area contributed by atoms with Crippen molar-refractivity contribution in [1.82, 2.24) is 10.2 Å². The molecule has 0 spiro atoms. The first-order valence-corrected chi connectivity index (χ1v) is 10.6. The van der Waals surface area contributed by atoms with Crippen LogP contribution in [0.3, 0.4) is 0 Å². The van der Waals surface area contributed by atoms with Gasteiger partial charge >= 0.3 is 6.09 Å². The van der Waals surface area contributed by atoms with Crippen molar-refractivity contribution in [2.45, 2.75) is 26.1 Å². The predicted molar refractivity (Wildman–Crippen MR) is 110 cm³/mol. The maximum absolute atomic E-state index is 12.9. The van der Waals surface area contributed by atoms with Crippen molar-refractivity contribution in [3.63, 3.8) is 0 Å². The van der Waals surface area contributed by atoms with Crippen molar-refractivity contribution < 1.29 is 19.1 Å². The van der Waals surface area contributed by atoms with Gasteiger partial charge in [-0.05, 0) is 37.1 Å². The number of benzene rings is 1. The Morgan fingerprint density at radius 2 is 2.21 bits per heavy atom. The van der Waals surface area contributed by atoms with Crippen LogP contribution in [0.4, 0.5) is 9.80 Å². The zero-order valence-electron chi connectivity index (χ0n) is 15.5. The van der Waals surface area contributed by atoms with E-state index < -0.39 is 6.17 Å². The summed E-state index contributed by atoms with van der Waals surface area (Å²) < 4.78 is 11.5. The van der Waals surface area contributed by atoms with E-state index in [0.29, 0.717) is 37.4 Å². The fraction of sp³-hybridized carbons (Fsp3) is 0.368. The summed E-state index contributed by atoms with van der Waals surface area (Å²) in [5, 5.41) is 7.28. The first-order chi connectivity index (χ1) is 13.5. The number of methoxy groups -OCH3 is 1. The second kappa shape index (κ2) is 7.63. The van der Waals surface area contributed by atoms with Crippen molar-refractivity contribution in [1.29, 1.82) is 0 Å². The molecule has 0 saturated heterocycles. The lowest BCUT2D eigenvalue weighted by Crippen LogP contribution is -2.39. The highest BCUT2D eigenvalue weighted by molar-refractivity contribution is 9.10. The van der Waals surface area contributed by atoms with E-state index in [2.05, 4.69) is 26.6 Å². The minimum atomic E-state index is -0.395. The van der Waals surface area contributed by atoms with Crippen LogP contribution in [0.1, 0.15) is 39.5 Å². The van der Waals surface area contributed by atoms with Gasteiger partial charge in [-0.25, -0.2) is 4.79 Å². The number of hydrogen-bond acceptors (Lipinski definition) is 6. The standard InChI is InChI=1S/C19H20BrN3O4S/c1-3-27-19(25)23-7-6-11-14(9-23)28-18-15(11)17(24)21-16(22-18)12-8-10(20)4-5-13(12)26-2/h4-5,8,16,22H,3,6-7,9H2,1-2H3,(H,21,24). The summed E-state index contributed by atoms with van der Waals surface area (Å²) in [7, 11) is 1.61. The van der Waals surface area contributed by atoms with Crippen LogP contribution in [0.5, 0.6) is 5.75 Å². The smallest absolute Gasteiger partial charge is 0.410 e. The third-order valence-electron chi connectivity index (χ3n) is 4.86. The molecule has 28 heavy (non-hydrogen) atoms. The quantitative estimate of drug-likeness (QED) is 0.718. The number of carbonyl (C=O) groups is 2. The first kappa shape index (κ1) is 19.1. The number of halogens is 1. The number of anilines is 1. The van der Waals surface area contributed by atoms with Gasteiger partial charge in [0.05, 0.1) is 25.8 Å². The highest BCUT2D eigenvalue weighted by Crippen LogP contribution is 2.42. The van der Waals surface area contributed by atoms with Crippen molar-refractivity contribution in [2.75, 3.05) is 25.6 Å². The summed E-state index contributed by atoms with van der Waals surface area (Å²) in [6, 6.07) is 5.68. The lowest BCUT2D eigenvalue weighted by atomic mass is 10.0. The molecule has 4 rings (SSSR count). The maximum Gasteiger partial charge on any atom is 0.410 e. The molecule has 2 aliphatic heterocycles. The number of nitrogens with zero attached hydrogens (tertiary/aromatic N) is 1. The molecule has 148 valence electrons. The van der Waals surface area contributed by atoms with Gasteiger partial charge in [-0.3, -0.25) is 4.79 Å². The highest BCUT2D eigenvalue weighted by atomic mass is 79.9. The number of rotatable bonds is 3. The molecule has 9 heteroatoms.